The molecule has 4 rings (SSSR count). The van der Waals surface area contributed by atoms with E-state index in [1.54, 1.807) is 7.11 Å². The van der Waals surface area contributed by atoms with Gasteiger partial charge in [0.1, 0.15) is 0 Å². The minimum absolute atomic E-state index is 0.0858. The van der Waals surface area contributed by atoms with Crippen LogP contribution in [-0.2, 0) is 11.3 Å². The molecule has 0 heterocycles. The van der Waals surface area contributed by atoms with Gasteiger partial charge in [0, 0.05) is 0 Å². The van der Waals surface area contributed by atoms with Crippen molar-refractivity contribution in [1.82, 2.24) is 0 Å². The number of benzene rings is 1. The molecule has 0 aliphatic heterocycles. The summed E-state index contributed by atoms with van der Waals surface area (Å²) in [6.07, 6.45) is 6.87. The van der Waals surface area contributed by atoms with Gasteiger partial charge < -0.3 is 9.99 Å². The highest BCUT2D eigenvalue weighted by Gasteiger charge is 2.54. The average molecular weight is 302 g/mol. The van der Waals surface area contributed by atoms with Crippen LogP contribution in [0.15, 0.2) is 18.2 Å². The van der Waals surface area contributed by atoms with Gasteiger partial charge in [-0.2, -0.15) is 4.89 Å². The Kier molecular flexibility index (Phi) is 3.46. The molecule has 3 nitrogen and oxygen atoms in total. The first kappa shape index (κ1) is 14.5. The zero-order valence-corrected chi connectivity index (χ0v) is 13.5. The van der Waals surface area contributed by atoms with Crippen molar-refractivity contribution in [2.45, 2.75) is 57.5 Å². The highest BCUT2D eigenvalue weighted by Crippen LogP contribution is 2.60. The van der Waals surface area contributed by atoms with Crippen LogP contribution in [0.2, 0.25) is 0 Å². The minimum Gasteiger partial charge on any atom is -0.393 e. The Balaban J connectivity index is 1.64. The van der Waals surface area contributed by atoms with Crippen molar-refractivity contribution in [3.8, 4) is 5.75 Å². The van der Waals surface area contributed by atoms with Crippen LogP contribution in [-0.4, -0.2) is 18.3 Å². The fraction of sp³-hybridized carbons (Fsp3) is 0.684. The molecule has 0 saturated heterocycles. The molecular formula is C19H26O3. The van der Waals surface area contributed by atoms with Gasteiger partial charge in [0.15, 0.2) is 5.75 Å². The van der Waals surface area contributed by atoms with E-state index in [0.29, 0.717) is 11.8 Å². The average Bonchev–Trinajstić information content (AvgIpc) is 2.83. The lowest BCUT2D eigenvalue weighted by molar-refractivity contribution is -0.178. The summed E-state index contributed by atoms with van der Waals surface area (Å²) < 4.78 is 0. The number of aliphatic hydroxyl groups excluding tert-OH is 1. The van der Waals surface area contributed by atoms with E-state index in [1.165, 1.54) is 30.4 Å². The third-order valence-electron chi connectivity index (χ3n) is 6.83. The number of aliphatic hydroxyl groups is 1. The molecule has 0 amide bonds. The van der Waals surface area contributed by atoms with Gasteiger partial charge >= 0.3 is 0 Å². The quantitative estimate of drug-likeness (QED) is 0.666. The van der Waals surface area contributed by atoms with Crippen molar-refractivity contribution in [2.75, 3.05) is 7.11 Å². The first-order valence-electron chi connectivity index (χ1n) is 8.65. The Bertz CT molecular complexity index is 570. The minimum atomic E-state index is -0.0858. The summed E-state index contributed by atoms with van der Waals surface area (Å²) in [4.78, 5) is 9.95. The van der Waals surface area contributed by atoms with Crippen LogP contribution in [0.3, 0.4) is 0 Å². The van der Waals surface area contributed by atoms with E-state index in [-0.39, 0.29) is 11.5 Å². The van der Waals surface area contributed by atoms with Crippen molar-refractivity contribution in [3.63, 3.8) is 0 Å². The van der Waals surface area contributed by atoms with E-state index in [0.717, 1.165) is 30.9 Å². The second-order valence-corrected chi connectivity index (χ2v) is 7.66. The van der Waals surface area contributed by atoms with Crippen molar-refractivity contribution in [3.05, 3.63) is 29.3 Å². The van der Waals surface area contributed by atoms with Gasteiger partial charge in [-0.1, -0.05) is 13.0 Å². The summed E-state index contributed by atoms with van der Waals surface area (Å²) in [6.45, 7) is 2.33. The zero-order valence-electron chi connectivity index (χ0n) is 13.5. The number of fused-ring (bicyclic) bond motifs is 5. The van der Waals surface area contributed by atoms with Crippen LogP contribution < -0.4 is 4.89 Å². The Morgan fingerprint density at radius 3 is 2.86 bits per heavy atom. The molecule has 0 aromatic heterocycles. The van der Waals surface area contributed by atoms with Crippen molar-refractivity contribution >= 4 is 0 Å². The molecule has 3 aliphatic rings. The first-order chi connectivity index (χ1) is 10.6. The maximum atomic E-state index is 10.4. The third-order valence-corrected chi connectivity index (χ3v) is 6.83. The lowest BCUT2D eigenvalue weighted by Gasteiger charge is -2.50. The van der Waals surface area contributed by atoms with E-state index in [2.05, 4.69) is 19.1 Å². The SMILES string of the molecule is COOc1ccc2c(c1)CCC1C2CCC2(C)C(O)CCC12. The molecule has 22 heavy (non-hydrogen) atoms. The number of rotatable bonds is 2. The molecule has 1 N–H and O–H groups in total. The van der Waals surface area contributed by atoms with Gasteiger partial charge in [-0.25, -0.2) is 0 Å². The van der Waals surface area contributed by atoms with Crippen molar-refractivity contribution in [2.24, 2.45) is 17.3 Å². The van der Waals surface area contributed by atoms with E-state index < -0.39 is 0 Å². The highest BCUT2D eigenvalue weighted by atomic mass is 17.2. The van der Waals surface area contributed by atoms with Crippen LogP contribution in [0.5, 0.6) is 5.75 Å². The number of hydrogen-bond donors (Lipinski definition) is 1. The molecule has 1 aromatic carbocycles. The summed E-state index contributed by atoms with van der Waals surface area (Å²) in [5, 5.41) is 10.4. The standard InChI is InChI=1S/C19H26O3/c1-19-10-9-15-14-6-4-13(22-21-2)11-12(14)3-5-16(15)17(19)7-8-18(19)20/h4,6,11,15-18,20H,3,5,7-10H2,1-2H3. The summed E-state index contributed by atoms with van der Waals surface area (Å²) >= 11 is 0. The summed E-state index contributed by atoms with van der Waals surface area (Å²) in [5.41, 5.74) is 3.11. The Hall–Kier alpha value is -1.06. The Morgan fingerprint density at radius 2 is 2.05 bits per heavy atom. The largest absolute Gasteiger partial charge is 0.393 e. The van der Waals surface area contributed by atoms with Gasteiger partial charge in [-0.15, -0.1) is 0 Å². The predicted octanol–water partition coefficient (Wildman–Crippen LogP) is 3.84. The molecule has 3 aliphatic carbocycles. The molecule has 1 aromatic rings. The van der Waals surface area contributed by atoms with Gasteiger partial charge in [-0.05, 0) is 85.0 Å². The van der Waals surface area contributed by atoms with E-state index in [4.69, 9.17) is 9.78 Å². The van der Waals surface area contributed by atoms with Crippen LogP contribution >= 0.6 is 0 Å². The molecular weight excluding hydrogens is 276 g/mol. The molecule has 2 fully saturated rings. The smallest absolute Gasteiger partial charge is 0.165 e. The van der Waals surface area contributed by atoms with Crippen molar-refractivity contribution in [1.29, 1.82) is 0 Å². The number of aryl methyl sites for hydroxylation is 1. The zero-order chi connectivity index (χ0) is 15.3. The highest BCUT2D eigenvalue weighted by molar-refractivity contribution is 5.40. The first-order valence-corrected chi connectivity index (χ1v) is 8.65. The summed E-state index contributed by atoms with van der Waals surface area (Å²) in [6, 6.07) is 6.42. The van der Waals surface area contributed by atoms with E-state index in [1.807, 2.05) is 6.07 Å². The summed E-state index contributed by atoms with van der Waals surface area (Å²) in [5.74, 6) is 2.92. The van der Waals surface area contributed by atoms with Gasteiger partial charge in [0.2, 0.25) is 0 Å². The van der Waals surface area contributed by atoms with Crippen molar-refractivity contribution < 1.29 is 14.9 Å². The van der Waals surface area contributed by atoms with E-state index >= 15 is 0 Å². The summed E-state index contributed by atoms with van der Waals surface area (Å²) in [7, 11) is 1.54. The molecule has 3 heteroatoms. The molecule has 0 spiro atoms. The lowest BCUT2D eigenvalue weighted by Crippen LogP contribution is -2.43. The predicted molar refractivity (Wildman–Crippen MR) is 84.7 cm³/mol. The normalized spacial score (nSPS) is 39.8. The maximum absolute atomic E-state index is 10.4. The van der Waals surface area contributed by atoms with Crippen LogP contribution in [0.4, 0.5) is 0 Å². The second kappa shape index (κ2) is 5.24. The van der Waals surface area contributed by atoms with E-state index in [9.17, 15) is 5.11 Å². The molecule has 120 valence electrons. The third kappa shape index (κ3) is 2.02. The topological polar surface area (TPSA) is 38.7 Å². The Labute approximate surface area is 132 Å². The molecule has 0 bridgehead atoms. The van der Waals surface area contributed by atoms with Crippen LogP contribution in [0.25, 0.3) is 0 Å². The van der Waals surface area contributed by atoms with Gasteiger partial charge in [0.25, 0.3) is 0 Å². The van der Waals surface area contributed by atoms with Gasteiger partial charge in [-0.3, -0.25) is 0 Å². The van der Waals surface area contributed by atoms with Crippen LogP contribution in [0.1, 0.15) is 56.1 Å². The van der Waals surface area contributed by atoms with Gasteiger partial charge in [0.05, 0.1) is 13.2 Å². The lowest BCUT2D eigenvalue weighted by atomic mass is 9.55. The molecule has 2 saturated carbocycles. The van der Waals surface area contributed by atoms with Crippen LogP contribution in [0, 0.1) is 17.3 Å². The molecule has 0 radical (unpaired) electrons. The Morgan fingerprint density at radius 1 is 1.18 bits per heavy atom. The molecule has 5 unspecified atom stereocenters. The maximum Gasteiger partial charge on any atom is 0.165 e. The fourth-order valence-electron chi connectivity index (χ4n) is 5.68. The molecule has 5 atom stereocenters. The second-order valence-electron chi connectivity index (χ2n) is 7.66. The monoisotopic (exact) mass is 302 g/mol. The number of hydrogen-bond acceptors (Lipinski definition) is 3. The fourth-order valence-corrected chi connectivity index (χ4v) is 5.68.